The van der Waals surface area contributed by atoms with E-state index in [2.05, 4.69) is 15.4 Å². The van der Waals surface area contributed by atoms with Gasteiger partial charge in [0, 0.05) is 18.3 Å². The first-order valence-electron chi connectivity index (χ1n) is 5.40. The molecule has 0 fully saturated rings. The van der Waals surface area contributed by atoms with Crippen molar-refractivity contribution >= 4 is 23.4 Å². The van der Waals surface area contributed by atoms with Gasteiger partial charge in [0.25, 0.3) is 5.91 Å². The van der Waals surface area contributed by atoms with Crippen molar-refractivity contribution < 1.29 is 14.3 Å². The molecule has 6 nitrogen and oxygen atoms in total. The number of aromatic nitrogens is 3. The van der Waals surface area contributed by atoms with Gasteiger partial charge in [-0.15, -0.1) is 0 Å². The van der Waals surface area contributed by atoms with Gasteiger partial charge in [-0.3, -0.25) is 4.79 Å². The van der Waals surface area contributed by atoms with Crippen LogP contribution in [0.25, 0.3) is 0 Å². The molecule has 0 saturated heterocycles. The number of halogens is 1. The number of rotatable bonds is 2. The average Bonchev–Trinajstić information content (AvgIpc) is 2.88. The van der Waals surface area contributed by atoms with Crippen LogP contribution in [0.5, 0.6) is 0 Å². The lowest BCUT2D eigenvalue weighted by molar-refractivity contribution is -0.123. The van der Waals surface area contributed by atoms with E-state index in [0.717, 1.165) is 17.8 Å². The van der Waals surface area contributed by atoms with Gasteiger partial charge < -0.3 is 10.4 Å². The molecule has 0 spiro atoms. The Labute approximate surface area is 111 Å². The highest BCUT2D eigenvalue weighted by molar-refractivity contribution is 7.99. The van der Waals surface area contributed by atoms with Crippen LogP contribution >= 0.6 is 11.8 Å². The molecule has 0 saturated carbocycles. The zero-order chi connectivity index (χ0) is 13.6. The Morgan fingerprint density at radius 1 is 1.53 bits per heavy atom. The van der Waals surface area contributed by atoms with Gasteiger partial charge in [-0.05, 0) is 23.9 Å². The molecule has 1 amide bonds. The largest absolute Gasteiger partial charge is 0.378 e. The Balaban J connectivity index is 1.99. The number of nitrogens with zero attached hydrogens (tertiary/aromatic N) is 3. The molecule has 8 heteroatoms. The van der Waals surface area contributed by atoms with E-state index in [1.165, 1.54) is 17.1 Å². The van der Waals surface area contributed by atoms with Crippen molar-refractivity contribution in [2.24, 2.45) is 7.05 Å². The van der Waals surface area contributed by atoms with Gasteiger partial charge in [-0.25, -0.2) is 14.1 Å². The summed E-state index contributed by atoms with van der Waals surface area (Å²) in [6, 6.07) is 2.65. The average molecular weight is 280 g/mol. The molecule has 0 aliphatic carbocycles. The maximum absolute atomic E-state index is 13.9. The molecule has 98 valence electrons. The molecule has 0 bridgehead atoms. The minimum Gasteiger partial charge on any atom is -0.378 e. The number of benzene rings is 1. The van der Waals surface area contributed by atoms with Crippen molar-refractivity contribution in [1.29, 1.82) is 0 Å². The minimum atomic E-state index is -1.31. The second-order valence-corrected chi connectivity index (χ2v) is 5.04. The van der Waals surface area contributed by atoms with E-state index in [0.29, 0.717) is 15.7 Å². The first-order chi connectivity index (χ1) is 9.06. The Morgan fingerprint density at radius 2 is 2.32 bits per heavy atom. The predicted molar refractivity (Wildman–Crippen MR) is 65.1 cm³/mol. The molecule has 0 radical (unpaired) electrons. The zero-order valence-corrected chi connectivity index (χ0v) is 10.6. The third-order valence-electron chi connectivity index (χ3n) is 2.78. The molecule has 2 heterocycles. The molecule has 3 rings (SSSR count). The lowest BCUT2D eigenvalue weighted by Gasteiger charge is -2.06. The summed E-state index contributed by atoms with van der Waals surface area (Å²) in [4.78, 5) is 15.6. The quantitative estimate of drug-likeness (QED) is 0.860. The van der Waals surface area contributed by atoms with Crippen molar-refractivity contribution in [2.45, 2.75) is 16.2 Å². The summed E-state index contributed by atoms with van der Waals surface area (Å²) in [7, 11) is 1.70. The molecule has 1 atom stereocenters. The summed E-state index contributed by atoms with van der Waals surface area (Å²) in [5.41, 5.74) is 0.674. The van der Waals surface area contributed by atoms with Crippen LogP contribution in [0.4, 0.5) is 10.1 Å². The fraction of sp³-hybridized carbons (Fsp3) is 0.182. The number of amides is 1. The number of aryl methyl sites for hydroxylation is 1. The molecule has 2 aromatic rings. The Hall–Kier alpha value is -1.93. The molecule has 1 aliphatic heterocycles. The van der Waals surface area contributed by atoms with Gasteiger partial charge in [-0.1, -0.05) is 0 Å². The predicted octanol–water partition coefficient (Wildman–Crippen LogP) is 1.09. The van der Waals surface area contributed by atoms with Gasteiger partial charge in [0.2, 0.25) is 0 Å². The first kappa shape index (κ1) is 12.1. The van der Waals surface area contributed by atoms with E-state index in [4.69, 9.17) is 0 Å². The maximum atomic E-state index is 13.9. The van der Waals surface area contributed by atoms with Crippen molar-refractivity contribution in [2.75, 3.05) is 5.32 Å². The Kier molecular flexibility index (Phi) is 2.76. The van der Waals surface area contributed by atoms with Gasteiger partial charge in [0.1, 0.15) is 12.1 Å². The molecule has 1 aromatic heterocycles. The van der Waals surface area contributed by atoms with E-state index >= 15 is 0 Å². The van der Waals surface area contributed by atoms with Gasteiger partial charge in [0.05, 0.1) is 4.90 Å². The highest BCUT2D eigenvalue weighted by Gasteiger charge is 2.30. The van der Waals surface area contributed by atoms with E-state index in [1.807, 2.05) is 0 Å². The van der Waals surface area contributed by atoms with Gasteiger partial charge >= 0.3 is 0 Å². The number of carbonyl (C=O) groups excluding carboxylic acids is 1. The van der Waals surface area contributed by atoms with E-state index in [1.54, 1.807) is 7.05 Å². The van der Waals surface area contributed by atoms with Gasteiger partial charge in [-0.2, -0.15) is 5.10 Å². The Morgan fingerprint density at radius 3 is 3.00 bits per heavy atom. The van der Waals surface area contributed by atoms with Crippen molar-refractivity contribution in [3.05, 3.63) is 29.8 Å². The second kappa shape index (κ2) is 4.32. The van der Waals surface area contributed by atoms with Crippen LogP contribution in [-0.4, -0.2) is 25.8 Å². The zero-order valence-electron chi connectivity index (χ0n) is 9.79. The number of anilines is 1. The summed E-state index contributed by atoms with van der Waals surface area (Å²) < 4.78 is 15.5. The van der Waals surface area contributed by atoms with Crippen LogP contribution < -0.4 is 5.32 Å². The summed E-state index contributed by atoms with van der Waals surface area (Å²) in [6.45, 7) is 0. The fourth-order valence-corrected chi connectivity index (χ4v) is 2.61. The summed E-state index contributed by atoms with van der Waals surface area (Å²) in [6.07, 6.45) is 0.0671. The molecule has 2 N–H and O–H groups in total. The van der Waals surface area contributed by atoms with Crippen molar-refractivity contribution in [3.8, 4) is 0 Å². The fourth-order valence-electron chi connectivity index (χ4n) is 1.80. The van der Waals surface area contributed by atoms with Crippen LogP contribution in [-0.2, 0) is 11.8 Å². The highest BCUT2D eigenvalue weighted by atomic mass is 32.2. The lowest BCUT2D eigenvalue weighted by Crippen LogP contribution is -2.10. The number of hydrogen-bond acceptors (Lipinski definition) is 5. The molecule has 1 unspecified atom stereocenters. The maximum Gasteiger partial charge on any atom is 0.257 e. The topological polar surface area (TPSA) is 80.0 Å². The molecule has 1 aliphatic rings. The molecule has 19 heavy (non-hydrogen) atoms. The number of carbonyl (C=O) groups is 1. The van der Waals surface area contributed by atoms with Crippen LogP contribution in [0.1, 0.15) is 11.7 Å². The van der Waals surface area contributed by atoms with Crippen LogP contribution in [0.2, 0.25) is 0 Å². The summed E-state index contributed by atoms with van der Waals surface area (Å²) >= 11 is 1.10. The second-order valence-electron chi connectivity index (χ2n) is 4.03. The van der Waals surface area contributed by atoms with Crippen molar-refractivity contribution in [3.63, 3.8) is 0 Å². The number of hydrogen-bond donors (Lipinski definition) is 2. The summed E-state index contributed by atoms with van der Waals surface area (Å²) in [5, 5.41) is 16.5. The molecular formula is C11H9FN4O2S. The molecular weight excluding hydrogens is 271 g/mol. The van der Waals surface area contributed by atoms with Gasteiger partial charge in [0.15, 0.2) is 11.3 Å². The smallest absolute Gasteiger partial charge is 0.257 e. The number of fused-ring (bicyclic) bond motifs is 1. The normalized spacial score (nSPS) is 17.4. The molecule has 1 aromatic carbocycles. The monoisotopic (exact) mass is 280 g/mol. The van der Waals surface area contributed by atoms with E-state index < -0.39 is 17.8 Å². The van der Waals surface area contributed by atoms with Crippen LogP contribution in [0.3, 0.4) is 0 Å². The van der Waals surface area contributed by atoms with Crippen LogP contribution in [0.15, 0.2) is 28.5 Å². The number of aliphatic hydroxyl groups is 1. The first-order valence-corrected chi connectivity index (χ1v) is 6.22. The van der Waals surface area contributed by atoms with E-state index in [-0.39, 0.29) is 5.56 Å². The Bertz CT molecular complexity index is 673. The number of nitrogens with one attached hydrogen (secondary N) is 1. The van der Waals surface area contributed by atoms with Crippen molar-refractivity contribution in [1.82, 2.24) is 14.8 Å². The highest BCUT2D eigenvalue weighted by Crippen LogP contribution is 2.37. The third kappa shape index (κ3) is 1.98. The minimum absolute atomic E-state index is 0.254. The third-order valence-corrected chi connectivity index (χ3v) is 3.86. The van der Waals surface area contributed by atoms with E-state index in [9.17, 15) is 14.3 Å². The van der Waals surface area contributed by atoms with Crippen LogP contribution in [0, 0.1) is 5.82 Å². The summed E-state index contributed by atoms with van der Waals surface area (Å²) in [5.74, 6) is -1.06. The SMILES string of the molecule is Cn1ncnc1Sc1cc2c(cc1F)C(O)C(=O)N2. The standard InChI is InChI=1S/C11H9FN4O2S/c1-16-11(13-4-14-16)19-8-3-7-5(2-6(8)12)9(17)10(18)15-7/h2-4,9,17H,1H3,(H,15,18). The lowest BCUT2D eigenvalue weighted by atomic mass is 10.1. The number of aliphatic hydroxyl groups excluding tert-OH is 1.